The summed E-state index contributed by atoms with van der Waals surface area (Å²) in [4.78, 5) is 13.1. The Kier molecular flexibility index (Phi) is 2.96. The number of nitrogens with two attached hydrogens (primary N) is 2. The van der Waals surface area contributed by atoms with Crippen LogP contribution in [0.1, 0.15) is 10.4 Å². The predicted octanol–water partition coefficient (Wildman–Crippen LogP) is 0.204. The second kappa shape index (κ2) is 4.40. The van der Waals surface area contributed by atoms with Crippen molar-refractivity contribution in [2.45, 2.75) is 0 Å². The van der Waals surface area contributed by atoms with Crippen LogP contribution in [-0.2, 0) is 4.74 Å². The Bertz CT molecular complexity index is 400. The minimum absolute atomic E-state index is 0.439. The van der Waals surface area contributed by atoms with E-state index in [4.69, 9.17) is 16.2 Å². The molecule has 86 valence electrons. The molecule has 1 fully saturated rings. The first-order chi connectivity index (χ1) is 7.68. The van der Waals surface area contributed by atoms with E-state index in [9.17, 15) is 4.79 Å². The number of nitrogen functional groups attached to an aromatic ring is 1. The zero-order valence-corrected chi connectivity index (χ0v) is 8.98. The maximum absolute atomic E-state index is 11.0. The summed E-state index contributed by atoms with van der Waals surface area (Å²) in [6.07, 6.45) is 0. The van der Waals surface area contributed by atoms with Gasteiger partial charge in [0.2, 0.25) is 5.91 Å². The van der Waals surface area contributed by atoms with E-state index in [1.54, 1.807) is 12.1 Å². The molecule has 0 bridgehead atoms. The molecule has 16 heavy (non-hydrogen) atoms. The maximum Gasteiger partial charge on any atom is 0.248 e. The van der Waals surface area contributed by atoms with E-state index in [0.717, 1.165) is 18.8 Å². The smallest absolute Gasteiger partial charge is 0.248 e. The fraction of sp³-hybridized carbons (Fsp3) is 0.364. The molecule has 1 aromatic carbocycles. The number of nitrogens with zero attached hydrogens (tertiary/aromatic N) is 1. The van der Waals surface area contributed by atoms with Crippen LogP contribution < -0.4 is 16.4 Å². The molecule has 5 heteroatoms. The van der Waals surface area contributed by atoms with Crippen LogP contribution in [0, 0.1) is 0 Å². The average Bonchev–Trinajstić information content (AvgIpc) is 2.30. The summed E-state index contributed by atoms with van der Waals surface area (Å²) in [7, 11) is 0. The number of carbonyl (C=O) groups excluding carboxylic acids is 1. The molecule has 1 heterocycles. The summed E-state index contributed by atoms with van der Waals surface area (Å²) in [6.45, 7) is 3.05. The third-order valence-corrected chi connectivity index (χ3v) is 2.66. The van der Waals surface area contributed by atoms with Gasteiger partial charge in [0.15, 0.2) is 0 Å². The Morgan fingerprint density at radius 3 is 2.56 bits per heavy atom. The van der Waals surface area contributed by atoms with Crippen molar-refractivity contribution in [3.8, 4) is 0 Å². The van der Waals surface area contributed by atoms with Gasteiger partial charge in [0, 0.05) is 18.7 Å². The molecule has 5 nitrogen and oxygen atoms in total. The van der Waals surface area contributed by atoms with Gasteiger partial charge in [-0.25, -0.2) is 0 Å². The molecule has 0 unspecified atom stereocenters. The number of carbonyl (C=O) groups is 1. The number of hydrogen-bond acceptors (Lipinski definition) is 4. The molecule has 0 spiro atoms. The number of rotatable bonds is 2. The number of hydrogen-bond donors (Lipinski definition) is 2. The van der Waals surface area contributed by atoms with Crippen molar-refractivity contribution in [2.24, 2.45) is 5.73 Å². The molecule has 0 radical (unpaired) electrons. The number of amides is 1. The van der Waals surface area contributed by atoms with Gasteiger partial charge in [-0.3, -0.25) is 4.79 Å². The second-order valence-electron chi connectivity index (χ2n) is 3.74. The summed E-state index contributed by atoms with van der Waals surface area (Å²) in [5.41, 5.74) is 13.0. The molecule has 4 N–H and O–H groups in total. The molecule has 0 atom stereocenters. The zero-order valence-electron chi connectivity index (χ0n) is 8.98. The molecule has 1 aromatic rings. The van der Waals surface area contributed by atoms with Crippen LogP contribution in [0.4, 0.5) is 11.4 Å². The highest BCUT2D eigenvalue weighted by Crippen LogP contribution is 2.24. The predicted molar refractivity (Wildman–Crippen MR) is 62.4 cm³/mol. The van der Waals surface area contributed by atoms with Crippen molar-refractivity contribution in [2.75, 3.05) is 36.9 Å². The van der Waals surface area contributed by atoms with Crippen LogP contribution in [-0.4, -0.2) is 32.2 Å². The van der Waals surface area contributed by atoms with Crippen molar-refractivity contribution in [3.05, 3.63) is 23.8 Å². The number of benzene rings is 1. The van der Waals surface area contributed by atoms with E-state index in [-0.39, 0.29) is 0 Å². The average molecular weight is 221 g/mol. The first kappa shape index (κ1) is 10.8. The lowest BCUT2D eigenvalue weighted by atomic mass is 10.1. The van der Waals surface area contributed by atoms with Gasteiger partial charge < -0.3 is 21.1 Å². The van der Waals surface area contributed by atoms with E-state index in [0.29, 0.717) is 24.5 Å². The SMILES string of the molecule is NC(=O)c1ccc(N2CCOCC2)c(N)c1. The van der Waals surface area contributed by atoms with E-state index in [2.05, 4.69) is 4.90 Å². The van der Waals surface area contributed by atoms with Crippen molar-refractivity contribution in [1.29, 1.82) is 0 Å². The van der Waals surface area contributed by atoms with Gasteiger partial charge in [-0.15, -0.1) is 0 Å². The number of anilines is 2. The van der Waals surface area contributed by atoms with Crippen LogP contribution in [0.5, 0.6) is 0 Å². The molecule has 1 aliphatic rings. The standard InChI is InChI=1S/C11H15N3O2/c12-9-7-8(11(13)15)1-2-10(9)14-3-5-16-6-4-14/h1-2,7H,3-6,12H2,(H2,13,15). The van der Waals surface area contributed by atoms with Crippen LogP contribution in [0.25, 0.3) is 0 Å². The largest absolute Gasteiger partial charge is 0.397 e. The van der Waals surface area contributed by atoms with E-state index in [1.807, 2.05) is 6.07 Å². The summed E-state index contributed by atoms with van der Waals surface area (Å²) in [5.74, 6) is -0.458. The normalized spacial score (nSPS) is 16.1. The van der Waals surface area contributed by atoms with Crippen LogP contribution in [0.15, 0.2) is 18.2 Å². The molecule has 0 saturated carbocycles. The Morgan fingerprint density at radius 2 is 2.00 bits per heavy atom. The highest BCUT2D eigenvalue weighted by Gasteiger charge is 2.14. The molecule has 1 saturated heterocycles. The first-order valence-electron chi connectivity index (χ1n) is 5.20. The highest BCUT2D eigenvalue weighted by atomic mass is 16.5. The highest BCUT2D eigenvalue weighted by molar-refractivity contribution is 5.94. The fourth-order valence-electron chi connectivity index (χ4n) is 1.80. The van der Waals surface area contributed by atoms with Crippen molar-refractivity contribution < 1.29 is 9.53 Å². The monoisotopic (exact) mass is 221 g/mol. The Morgan fingerprint density at radius 1 is 1.31 bits per heavy atom. The zero-order chi connectivity index (χ0) is 11.5. The lowest BCUT2D eigenvalue weighted by Gasteiger charge is -2.29. The molecular weight excluding hydrogens is 206 g/mol. The van der Waals surface area contributed by atoms with Crippen LogP contribution in [0.2, 0.25) is 0 Å². The van der Waals surface area contributed by atoms with E-state index >= 15 is 0 Å². The molecule has 1 amide bonds. The number of primary amides is 1. The Labute approximate surface area is 94.0 Å². The minimum atomic E-state index is -0.458. The second-order valence-corrected chi connectivity index (χ2v) is 3.74. The van der Waals surface area contributed by atoms with Crippen LogP contribution in [0.3, 0.4) is 0 Å². The molecule has 2 rings (SSSR count). The third kappa shape index (κ3) is 2.09. The fourth-order valence-corrected chi connectivity index (χ4v) is 1.80. The Balaban J connectivity index is 2.24. The van der Waals surface area contributed by atoms with E-state index < -0.39 is 5.91 Å². The van der Waals surface area contributed by atoms with Gasteiger partial charge in [0.25, 0.3) is 0 Å². The Hall–Kier alpha value is -1.75. The van der Waals surface area contributed by atoms with Gasteiger partial charge in [0.05, 0.1) is 24.6 Å². The molecule has 1 aliphatic heterocycles. The van der Waals surface area contributed by atoms with Crippen molar-refractivity contribution in [1.82, 2.24) is 0 Å². The van der Waals surface area contributed by atoms with Gasteiger partial charge >= 0.3 is 0 Å². The van der Waals surface area contributed by atoms with Gasteiger partial charge in [-0.2, -0.15) is 0 Å². The lowest BCUT2D eigenvalue weighted by molar-refractivity contribution is 0.1000. The summed E-state index contributed by atoms with van der Waals surface area (Å²) >= 11 is 0. The van der Waals surface area contributed by atoms with Gasteiger partial charge in [0.1, 0.15) is 0 Å². The van der Waals surface area contributed by atoms with Crippen molar-refractivity contribution >= 4 is 17.3 Å². The van der Waals surface area contributed by atoms with Gasteiger partial charge in [-0.05, 0) is 18.2 Å². The third-order valence-electron chi connectivity index (χ3n) is 2.66. The first-order valence-corrected chi connectivity index (χ1v) is 5.20. The summed E-state index contributed by atoms with van der Waals surface area (Å²) < 4.78 is 5.27. The van der Waals surface area contributed by atoms with Gasteiger partial charge in [-0.1, -0.05) is 0 Å². The number of morpholine rings is 1. The van der Waals surface area contributed by atoms with Crippen LogP contribution >= 0.6 is 0 Å². The quantitative estimate of drug-likeness (QED) is 0.699. The van der Waals surface area contributed by atoms with E-state index in [1.165, 1.54) is 0 Å². The number of ether oxygens (including phenoxy) is 1. The van der Waals surface area contributed by atoms with Crippen molar-refractivity contribution in [3.63, 3.8) is 0 Å². The summed E-state index contributed by atoms with van der Waals surface area (Å²) in [5, 5.41) is 0. The molecule has 0 aromatic heterocycles. The minimum Gasteiger partial charge on any atom is -0.397 e. The summed E-state index contributed by atoms with van der Waals surface area (Å²) in [6, 6.07) is 5.15. The maximum atomic E-state index is 11.0. The lowest BCUT2D eigenvalue weighted by Crippen LogP contribution is -2.36. The topological polar surface area (TPSA) is 81.6 Å². The molecular formula is C11H15N3O2. The molecule has 0 aliphatic carbocycles.